The van der Waals surface area contributed by atoms with Gasteiger partial charge in [0.15, 0.2) is 6.61 Å². The van der Waals surface area contributed by atoms with Crippen molar-refractivity contribution in [3.8, 4) is 5.75 Å². The van der Waals surface area contributed by atoms with Crippen LogP contribution in [0, 0.1) is 5.92 Å². The number of carbonyl (C=O) groups excluding carboxylic acids is 1. The Morgan fingerprint density at radius 1 is 1.21 bits per heavy atom. The highest BCUT2D eigenvalue weighted by Crippen LogP contribution is 2.24. The zero-order valence-corrected chi connectivity index (χ0v) is 14.6. The van der Waals surface area contributed by atoms with Crippen molar-refractivity contribution < 1.29 is 9.53 Å². The molecule has 0 aliphatic carbocycles. The van der Waals surface area contributed by atoms with E-state index in [1.807, 2.05) is 42.5 Å². The fourth-order valence-electron chi connectivity index (χ4n) is 3.10. The molecule has 1 amide bonds. The number of amides is 1. The predicted octanol–water partition coefficient (Wildman–Crippen LogP) is 3.15. The summed E-state index contributed by atoms with van der Waals surface area (Å²) in [6.07, 6.45) is 3.53. The summed E-state index contributed by atoms with van der Waals surface area (Å²) in [5.41, 5.74) is 0. The highest BCUT2D eigenvalue weighted by atomic mass is 35.5. The molecule has 1 saturated heterocycles. The Hall–Kier alpha value is -1.78. The zero-order valence-electron chi connectivity index (χ0n) is 13.8. The number of carbonyl (C=O) groups is 1. The molecule has 0 spiro atoms. The van der Waals surface area contributed by atoms with E-state index in [1.165, 1.54) is 12.8 Å². The maximum atomic E-state index is 11.9. The highest BCUT2D eigenvalue weighted by Gasteiger charge is 2.13. The van der Waals surface area contributed by atoms with Gasteiger partial charge in [0.05, 0.1) is 0 Å². The first-order chi connectivity index (χ1) is 11.3. The van der Waals surface area contributed by atoms with Crippen LogP contribution in [-0.4, -0.2) is 32.1 Å². The molecule has 1 heterocycles. The second-order valence-corrected chi connectivity index (χ2v) is 6.12. The van der Waals surface area contributed by atoms with Gasteiger partial charge in [-0.05, 0) is 49.7 Å². The minimum atomic E-state index is -0.0540. The van der Waals surface area contributed by atoms with E-state index < -0.39 is 0 Å². The van der Waals surface area contributed by atoms with E-state index in [0.29, 0.717) is 5.92 Å². The number of piperidine rings is 1. The van der Waals surface area contributed by atoms with Crippen LogP contribution < -0.4 is 15.4 Å². The molecular formula is C19H25ClN2O2. The summed E-state index contributed by atoms with van der Waals surface area (Å²) in [6, 6.07) is 13.9. The van der Waals surface area contributed by atoms with Gasteiger partial charge in [0.2, 0.25) is 0 Å². The molecule has 0 bridgehead atoms. The van der Waals surface area contributed by atoms with E-state index in [0.717, 1.165) is 42.6 Å². The summed E-state index contributed by atoms with van der Waals surface area (Å²) in [5.74, 6) is 1.39. The normalized spacial score (nSPS) is 17.1. The second-order valence-electron chi connectivity index (χ2n) is 6.12. The number of fused-ring (bicyclic) bond motifs is 1. The second kappa shape index (κ2) is 9.50. The molecule has 2 N–H and O–H groups in total. The Bertz CT molecular complexity index is 651. The number of halogens is 1. The third-order valence-corrected chi connectivity index (χ3v) is 4.38. The van der Waals surface area contributed by atoms with Crippen LogP contribution in [0.5, 0.6) is 5.75 Å². The fraction of sp³-hybridized carbons (Fsp3) is 0.421. The Morgan fingerprint density at radius 3 is 2.88 bits per heavy atom. The molecule has 1 aliphatic rings. The van der Waals surface area contributed by atoms with Gasteiger partial charge in [-0.3, -0.25) is 4.79 Å². The van der Waals surface area contributed by atoms with E-state index in [9.17, 15) is 4.79 Å². The van der Waals surface area contributed by atoms with Crippen molar-refractivity contribution in [1.82, 2.24) is 10.6 Å². The molecule has 5 heteroatoms. The monoisotopic (exact) mass is 348 g/mol. The average Bonchev–Trinajstić information content (AvgIpc) is 2.61. The van der Waals surface area contributed by atoms with Crippen LogP contribution >= 0.6 is 12.4 Å². The molecule has 0 saturated carbocycles. The van der Waals surface area contributed by atoms with Gasteiger partial charge in [0.1, 0.15) is 5.75 Å². The molecule has 0 radical (unpaired) electrons. The van der Waals surface area contributed by atoms with Crippen LogP contribution in [0.3, 0.4) is 0 Å². The first kappa shape index (κ1) is 18.6. The number of hydrogen-bond donors (Lipinski definition) is 2. The molecule has 2 aromatic rings. The first-order valence-corrected chi connectivity index (χ1v) is 8.41. The molecule has 24 heavy (non-hydrogen) atoms. The molecule has 0 aromatic heterocycles. The van der Waals surface area contributed by atoms with Crippen LogP contribution in [0.15, 0.2) is 42.5 Å². The van der Waals surface area contributed by atoms with E-state index in [-0.39, 0.29) is 24.9 Å². The van der Waals surface area contributed by atoms with Crippen molar-refractivity contribution in [3.05, 3.63) is 42.5 Å². The van der Waals surface area contributed by atoms with Crippen LogP contribution in [-0.2, 0) is 4.79 Å². The first-order valence-electron chi connectivity index (χ1n) is 8.41. The lowest BCUT2D eigenvalue weighted by molar-refractivity contribution is -0.123. The third-order valence-electron chi connectivity index (χ3n) is 4.38. The molecule has 3 rings (SSSR count). The minimum absolute atomic E-state index is 0. The Kier molecular flexibility index (Phi) is 7.35. The maximum Gasteiger partial charge on any atom is 0.257 e. The Labute approximate surface area is 149 Å². The number of rotatable bonds is 6. The van der Waals surface area contributed by atoms with Gasteiger partial charge < -0.3 is 15.4 Å². The largest absolute Gasteiger partial charge is 0.483 e. The van der Waals surface area contributed by atoms with Gasteiger partial charge >= 0.3 is 0 Å². The van der Waals surface area contributed by atoms with Crippen LogP contribution in [0.1, 0.15) is 19.3 Å². The highest BCUT2D eigenvalue weighted by molar-refractivity contribution is 5.88. The van der Waals surface area contributed by atoms with Crippen molar-refractivity contribution in [2.75, 3.05) is 26.2 Å². The standard InChI is InChI=1S/C19H24N2O2.ClH/c22-19(21-12-10-15-5-4-11-20-13-15)14-23-18-9-3-7-16-6-1-2-8-17(16)18;/h1-3,6-9,15,20H,4-5,10-14H2,(H,21,22);1H. The van der Waals surface area contributed by atoms with E-state index in [1.54, 1.807) is 0 Å². The quantitative estimate of drug-likeness (QED) is 0.843. The molecule has 130 valence electrons. The van der Waals surface area contributed by atoms with Crippen molar-refractivity contribution in [3.63, 3.8) is 0 Å². The summed E-state index contributed by atoms with van der Waals surface area (Å²) < 4.78 is 5.70. The average molecular weight is 349 g/mol. The predicted molar refractivity (Wildman–Crippen MR) is 99.9 cm³/mol. The molecule has 1 unspecified atom stereocenters. The Balaban J connectivity index is 0.00000208. The minimum Gasteiger partial charge on any atom is -0.483 e. The lowest BCUT2D eigenvalue weighted by Crippen LogP contribution is -2.34. The van der Waals surface area contributed by atoms with Crippen LogP contribution in [0.2, 0.25) is 0 Å². The van der Waals surface area contributed by atoms with E-state index >= 15 is 0 Å². The van der Waals surface area contributed by atoms with Crippen LogP contribution in [0.4, 0.5) is 0 Å². The number of ether oxygens (including phenoxy) is 1. The molecular weight excluding hydrogens is 324 g/mol. The van der Waals surface area contributed by atoms with Crippen LogP contribution in [0.25, 0.3) is 10.8 Å². The lowest BCUT2D eigenvalue weighted by Gasteiger charge is -2.22. The van der Waals surface area contributed by atoms with Gasteiger partial charge in [-0.2, -0.15) is 0 Å². The number of nitrogens with one attached hydrogen (secondary N) is 2. The Morgan fingerprint density at radius 2 is 2.04 bits per heavy atom. The SMILES string of the molecule is Cl.O=C(COc1cccc2ccccc12)NCCC1CCCNC1. The van der Waals surface area contributed by atoms with Gasteiger partial charge in [0, 0.05) is 11.9 Å². The molecule has 1 aliphatic heterocycles. The zero-order chi connectivity index (χ0) is 15.9. The van der Waals surface area contributed by atoms with E-state index in [2.05, 4.69) is 10.6 Å². The summed E-state index contributed by atoms with van der Waals surface area (Å²) in [5, 5.41) is 8.51. The third kappa shape index (κ3) is 5.11. The topological polar surface area (TPSA) is 50.4 Å². The van der Waals surface area contributed by atoms with Crippen molar-refractivity contribution >= 4 is 29.1 Å². The molecule has 4 nitrogen and oxygen atoms in total. The van der Waals surface area contributed by atoms with Gasteiger partial charge in [-0.1, -0.05) is 36.4 Å². The van der Waals surface area contributed by atoms with Crippen molar-refractivity contribution in [2.24, 2.45) is 5.92 Å². The number of benzene rings is 2. The fourth-order valence-corrected chi connectivity index (χ4v) is 3.10. The molecule has 2 aromatic carbocycles. The van der Waals surface area contributed by atoms with Crippen molar-refractivity contribution in [2.45, 2.75) is 19.3 Å². The number of hydrogen-bond acceptors (Lipinski definition) is 3. The van der Waals surface area contributed by atoms with Gasteiger partial charge in [0.25, 0.3) is 5.91 Å². The summed E-state index contributed by atoms with van der Waals surface area (Å²) in [7, 11) is 0. The summed E-state index contributed by atoms with van der Waals surface area (Å²) >= 11 is 0. The summed E-state index contributed by atoms with van der Waals surface area (Å²) in [6.45, 7) is 2.99. The lowest BCUT2D eigenvalue weighted by atomic mass is 9.96. The van der Waals surface area contributed by atoms with E-state index in [4.69, 9.17) is 4.74 Å². The smallest absolute Gasteiger partial charge is 0.257 e. The molecule has 1 atom stereocenters. The maximum absolute atomic E-state index is 11.9. The molecule has 1 fully saturated rings. The summed E-state index contributed by atoms with van der Waals surface area (Å²) in [4.78, 5) is 11.9. The van der Waals surface area contributed by atoms with Crippen molar-refractivity contribution in [1.29, 1.82) is 0 Å². The van der Waals surface area contributed by atoms with Gasteiger partial charge in [-0.25, -0.2) is 0 Å². The van der Waals surface area contributed by atoms with Gasteiger partial charge in [-0.15, -0.1) is 12.4 Å².